The van der Waals surface area contributed by atoms with Gasteiger partial charge in [0.1, 0.15) is 0 Å². The summed E-state index contributed by atoms with van der Waals surface area (Å²) in [5, 5.41) is 0. The molecule has 0 fully saturated rings. The van der Waals surface area contributed by atoms with E-state index in [4.69, 9.17) is 28.4 Å². The quantitative estimate of drug-likeness (QED) is 0.172. The number of esters is 2. The van der Waals surface area contributed by atoms with Gasteiger partial charge in [-0.2, -0.15) is 0 Å². The van der Waals surface area contributed by atoms with E-state index in [-0.39, 0.29) is 57.5 Å². The van der Waals surface area contributed by atoms with Crippen molar-refractivity contribution in [3.8, 4) is 0 Å². The lowest BCUT2D eigenvalue weighted by atomic mass is 9.91. The van der Waals surface area contributed by atoms with E-state index in [1.807, 2.05) is 30.3 Å². The Labute approximate surface area is 206 Å². The summed E-state index contributed by atoms with van der Waals surface area (Å²) in [5.74, 6) is -0.582. The molecule has 1 atom stereocenters. The molecule has 0 bridgehead atoms. The molecule has 1 aromatic carbocycles. The third-order valence-corrected chi connectivity index (χ3v) is 4.75. The van der Waals surface area contributed by atoms with Crippen LogP contribution in [0.2, 0.25) is 0 Å². The Balaban J connectivity index is 2.24. The fourth-order valence-electron chi connectivity index (χ4n) is 3.08. The second kappa shape index (κ2) is 19.1. The monoisotopic (exact) mass is 496 g/mol. The number of unbranched alkanes of at least 4 members (excludes halogenated alkanes) is 1. The molecule has 0 N–H and O–H groups in total. The van der Waals surface area contributed by atoms with Crippen molar-refractivity contribution in [3.63, 3.8) is 0 Å². The molecule has 1 aromatic rings. The standard InChI is InChI=1S/C25H36O10/c1-20(26)30-15-8-17-33-24(28)32-14-7-6-12-23(22-10-4-3-5-11-22)13-19-35-25(29)34-18-9-16-31-21(2)27/h3-5,10-11,23H,6-9,12-19H2,1-2H3. The molecule has 1 unspecified atom stereocenters. The van der Waals surface area contributed by atoms with Gasteiger partial charge in [-0.25, -0.2) is 9.59 Å². The Morgan fingerprint density at radius 2 is 1.03 bits per heavy atom. The van der Waals surface area contributed by atoms with Crippen molar-refractivity contribution in [2.75, 3.05) is 39.6 Å². The van der Waals surface area contributed by atoms with E-state index in [2.05, 4.69) is 0 Å². The van der Waals surface area contributed by atoms with E-state index in [0.717, 1.165) is 18.4 Å². The highest BCUT2D eigenvalue weighted by molar-refractivity contribution is 5.66. The van der Waals surface area contributed by atoms with Gasteiger partial charge in [-0.15, -0.1) is 0 Å². The maximum atomic E-state index is 11.7. The van der Waals surface area contributed by atoms with Gasteiger partial charge in [0.2, 0.25) is 0 Å². The normalized spacial score (nSPS) is 11.1. The molecule has 0 radical (unpaired) electrons. The summed E-state index contributed by atoms with van der Waals surface area (Å²) in [5.41, 5.74) is 1.14. The predicted octanol–water partition coefficient (Wildman–Crippen LogP) is 4.54. The van der Waals surface area contributed by atoms with Crippen LogP contribution in [-0.2, 0) is 38.0 Å². The second-order valence-corrected chi connectivity index (χ2v) is 7.67. The van der Waals surface area contributed by atoms with Crippen molar-refractivity contribution in [1.29, 1.82) is 0 Å². The lowest BCUT2D eigenvalue weighted by Crippen LogP contribution is -2.13. The van der Waals surface area contributed by atoms with Crippen LogP contribution in [0.4, 0.5) is 9.59 Å². The first kappa shape index (κ1) is 29.7. The number of benzene rings is 1. The zero-order valence-electron chi connectivity index (χ0n) is 20.5. The van der Waals surface area contributed by atoms with Crippen molar-refractivity contribution in [3.05, 3.63) is 35.9 Å². The summed E-state index contributed by atoms with van der Waals surface area (Å²) in [6, 6.07) is 9.92. The molecule has 0 aliphatic heterocycles. The van der Waals surface area contributed by atoms with E-state index in [9.17, 15) is 19.2 Å². The minimum atomic E-state index is -0.751. The van der Waals surface area contributed by atoms with Gasteiger partial charge >= 0.3 is 24.2 Å². The van der Waals surface area contributed by atoms with Crippen LogP contribution in [-0.4, -0.2) is 63.9 Å². The molecule has 0 saturated heterocycles. The fraction of sp³-hybridized carbons (Fsp3) is 0.600. The van der Waals surface area contributed by atoms with Crippen molar-refractivity contribution in [1.82, 2.24) is 0 Å². The molecule has 196 valence electrons. The average molecular weight is 497 g/mol. The molecule has 35 heavy (non-hydrogen) atoms. The van der Waals surface area contributed by atoms with Gasteiger partial charge in [0.05, 0.1) is 39.6 Å². The van der Waals surface area contributed by atoms with E-state index in [1.165, 1.54) is 13.8 Å². The number of ether oxygens (including phenoxy) is 6. The Morgan fingerprint density at radius 1 is 0.571 bits per heavy atom. The molecule has 0 saturated carbocycles. The van der Waals surface area contributed by atoms with Gasteiger partial charge in [0, 0.05) is 26.7 Å². The summed E-state index contributed by atoms with van der Waals surface area (Å²) in [6.45, 7) is 3.70. The highest BCUT2D eigenvalue weighted by Gasteiger charge is 2.14. The molecule has 10 nitrogen and oxygen atoms in total. The molecule has 1 rings (SSSR count). The van der Waals surface area contributed by atoms with Crippen LogP contribution in [0.1, 0.15) is 63.9 Å². The van der Waals surface area contributed by atoms with Gasteiger partial charge in [0.15, 0.2) is 0 Å². The molecular weight excluding hydrogens is 460 g/mol. The van der Waals surface area contributed by atoms with Crippen molar-refractivity contribution in [2.45, 2.75) is 58.3 Å². The molecular formula is C25H36O10. The number of hydrogen-bond acceptors (Lipinski definition) is 10. The van der Waals surface area contributed by atoms with Gasteiger partial charge in [-0.05, 0) is 37.2 Å². The SMILES string of the molecule is CC(=O)OCCCOC(=O)OCCCCC(CCOC(=O)OCCCOC(C)=O)c1ccccc1. The van der Waals surface area contributed by atoms with E-state index >= 15 is 0 Å². The molecule has 0 amide bonds. The topological polar surface area (TPSA) is 124 Å². The van der Waals surface area contributed by atoms with Crippen LogP contribution in [0.3, 0.4) is 0 Å². The lowest BCUT2D eigenvalue weighted by molar-refractivity contribution is -0.142. The summed E-state index contributed by atoms with van der Waals surface area (Å²) in [7, 11) is 0. The smallest absolute Gasteiger partial charge is 0.466 e. The maximum Gasteiger partial charge on any atom is 0.508 e. The number of carbonyl (C=O) groups excluding carboxylic acids is 4. The summed E-state index contributed by atoms with van der Waals surface area (Å²) in [6.07, 6.45) is 2.25. The van der Waals surface area contributed by atoms with Crippen molar-refractivity contribution >= 4 is 24.2 Å². The summed E-state index contributed by atoms with van der Waals surface area (Å²) in [4.78, 5) is 44.6. The zero-order chi connectivity index (χ0) is 25.7. The highest BCUT2D eigenvalue weighted by atomic mass is 16.7. The molecule has 0 aliphatic carbocycles. The first-order valence-electron chi connectivity index (χ1n) is 11.8. The Morgan fingerprint density at radius 3 is 1.54 bits per heavy atom. The van der Waals surface area contributed by atoms with Crippen LogP contribution < -0.4 is 0 Å². The average Bonchev–Trinajstić information content (AvgIpc) is 2.82. The first-order chi connectivity index (χ1) is 16.9. The third-order valence-electron chi connectivity index (χ3n) is 4.75. The number of hydrogen-bond donors (Lipinski definition) is 0. The maximum absolute atomic E-state index is 11.7. The van der Waals surface area contributed by atoms with Gasteiger partial charge in [-0.3, -0.25) is 9.59 Å². The molecule has 0 aliphatic rings. The lowest BCUT2D eigenvalue weighted by Gasteiger charge is -2.17. The van der Waals surface area contributed by atoms with E-state index in [1.54, 1.807) is 0 Å². The first-order valence-corrected chi connectivity index (χ1v) is 11.8. The third kappa shape index (κ3) is 16.9. The Kier molecular flexibility index (Phi) is 16.2. The van der Waals surface area contributed by atoms with Crippen molar-refractivity contribution in [2.24, 2.45) is 0 Å². The van der Waals surface area contributed by atoms with Crippen molar-refractivity contribution < 1.29 is 47.6 Å². The molecule has 0 heterocycles. The number of rotatable bonds is 17. The van der Waals surface area contributed by atoms with E-state index in [0.29, 0.717) is 25.7 Å². The molecule has 0 aromatic heterocycles. The Hall–Kier alpha value is -3.30. The fourth-order valence-corrected chi connectivity index (χ4v) is 3.08. The summed E-state index contributed by atoms with van der Waals surface area (Å²) >= 11 is 0. The number of carbonyl (C=O) groups is 4. The van der Waals surface area contributed by atoms with Crippen LogP contribution >= 0.6 is 0 Å². The summed E-state index contributed by atoms with van der Waals surface area (Å²) < 4.78 is 29.6. The van der Waals surface area contributed by atoms with Gasteiger partial charge in [-0.1, -0.05) is 30.3 Å². The van der Waals surface area contributed by atoms with E-state index < -0.39 is 12.3 Å². The predicted molar refractivity (Wildman–Crippen MR) is 125 cm³/mol. The van der Waals surface area contributed by atoms with Crippen LogP contribution in [0, 0.1) is 0 Å². The highest BCUT2D eigenvalue weighted by Crippen LogP contribution is 2.25. The van der Waals surface area contributed by atoms with Crippen LogP contribution in [0.15, 0.2) is 30.3 Å². The minimum absolute atomic E-state index is 0.114. The van der Waals surface area contributed by atoms with Crippen LogP contribution in [0.5, 0.6) is 0 Å². The largest absolute Gasteiger partial charge is 0.508 e. The molecule has 10 heteroatoms. The Bertz CT molecular complexity index is 750. The molecule has 0 spiro atoms. The zero-order valence-corrected chi connectivity index (χ0v) is 20.5. The minimum Gasteiger partial charge on any atom is -0.466 e. The second-order valence-electron chi connectivity index (χ2n) is 7.67. The van der Waals surface area contributed by atoms with Crippen LogP contribution in [0.25, 0.3) is 0 Å². The van der Waals surface area contributed by atoms with Gasteiger partial charge < -0.3 is 28.4 Å². The van der Waals surface area contributed by atoms with Gasteiger partial charge in [0.25, 0.3) is 0 Å².